The third-order valence-corrected chi connectivity index (χ3v) is 4.16. The average Bonchev–Trinajstić information content (AvgIpc) is 3.05. The number of likely N-dealkylation sites (tertiary alicyclic amines) is 1. The maximum atomic E-state index is 12.6. The fourth-order valence-electron chi connectivity index (χ4n) is 3.12. The second kappa shape index (κ2) is 8.66. The molecule has 24 heavy (non-hydrogen) atoms. The van der Waals surface area contributed by atoms with Crippen LogP contribution in [0.2, 0.25) is 0 Å². The van der Waals surface area contributed by atoms with Crippen LogP contribution in [0.25, 0.3) is 0 Å². The van der Waals surface area contributed by atoms with Gasteiger partial charge in [-0.05, 0) is 45.6 Å². The lowest BCUT2D eigenvalue weighted by Gasteiger charge is -2.26. The summed E-state index contributed by atoms with van der Waals surface area (Å²) in [6.45, 7) is 5.50. The van der Waals surface area contributed by atoms with E-state index in [4.69, 9.17) is 9.47 Å². The van der Waals surface area contributed by atoms with E-state index in [9.17, 15) is 14.4 Å². The van der Waals surface area contributed by atoms with Gasteiger partial charge in [0.25, 0.3) is 0 Å². The molecule has 0 radical (unpaired) electrons. The third-order valence-electron chi connectivity index (χ3n) is 4.16. The highest BCUT2D eigenvalue weighted by atomic mass is 16.5. The quantitative estimate of drug-likeness (QED) is 0.717. The Morgan fingerprint density at radius 1 is 1.00 bits per heavy atom. The van der Waals surface area contributed by atoms with Crippen molar-refractivity contribution in [1.82, 2.24) is 4.90 Å². The molecule has 132 valence electrons. The molecule has 2 aliphatic rings. The van der Waals surface area contributed by atoms with Crippen LogP contribution >= 0.6 is 0 Å². The summed E-state index contributed by atoms with van der Waals surface area (Å²) in [5.41, 5.74) is 1.03. The standard InChI is InChI=1S/C18H25NO5/c1-3-23-17(21)14-12-13(20)8-7-9-15(19-10-5-6-11-19)16(14)18(22)24-4-2/h12H,3-11H2,1-2H3/b14-12+,16-15-. The van der Waals surface area contributed by atoms with E-state index in [2.05, 4.69) is 4.90 Å². The minimum atomic E-state index is -0.646. The van der Waals surface area contributed by atoms with Gasteiger partial charge in [0.1, 0.15) is 0 Å². The largest absolute Gasteiger partial charge is 0.462 e. The third kappa shape index (κ3) is 4.24. The van der Waals surface area contributed by atoms with Crippen LogP contribution in [-0.2, 0) is 23.9 Å². The lowest BCUT2D eigenvalue weighted by atomic mass is 9.94. The summed E-state index contributed by atoms with van der Waals surface area (Å²) in [5.74, 6) is -1.37. The Kier molecular flexibility index (Phi) is 6.58. The van der Waals surface area contributed by atoms with Gasteiger partial charge in [-0.15, -0.1) is 0 Å². The predicted molar refractivity (Wildman–Crippen MR) is 88.0 cm³/mol. The summed E-state index contributed by atoms with van der Waals surface area (Å²) < 4.78 is 10.3. The van der Waals surface area contributed by atoms with E-state index in [0.29, 0.717) is 19.3 Å². The highest BCUT2D eigenvalue weighted by Gasteiger charge is 2.32. The molecular formula is C18H25NO5. The minimum Gasteiger partial charge on any atom is -0.462 e. The van der Waals surface area contributed by atoms with E-state index >= 15 is 0 Å². The van der Waals surface area contributed by atoms with Crippen molar-refractivity contribution in [1.29, 1.82) is 0 Å². The van der Waals surface area contributed by atoms with Crippen molar-refractivity contribution in [3.63, 3.8) is 0 Å². The molecule has 0 N–H and O–H groups in total. The van der Waals surface area contributed by atoms with E-state index in [0.717, 1.165) is 31.6 Å². The Bertz CT molecular complexity index is 570. The number of allylic oxidation sites excluding steroid dienone is 2. The number of rotatable bonds is 5. The highest BCUT2D eigenvalue weighted by molar-refractivity contribution is 6.11. The first-order valence-electron chi connectivity index (χ1n) is 8.65. The molecule has 0 aromatic carbocycles. The normalized spacial score (nSPS) is 24.0. The molecule has 6 heteroatoms. The second-order valence-corrected chi connectivity index (χ2v) is 5.83. The van der Waals surface area contributed by atoms with E-state index in [-0.39, 0.29) is 30.1 Å². The van der Waals surface area contributed by atoms with Gasteiger partial charge in [0.15, 0.2) is 5.78 Å². The van der Waals surface area contributed by atoms with Gasteiger partial charge < -0.3 is 14.4 Å². The Balaban J connectivity index is 2.55. The summed E-state index contributed by atoms with van der Waals surface area (Å²) in [5, 5.41) is 0. The molecule has 1 heterocycles. The number of ether oxygens (including phenoxy) is 2. The number of hydrogen-bond donors (Lipinski definition) is 0. The second-order valence-electron chi connectivity index (χ2n) is 5.83. The van der Waals surface area contributed by atoms with Crippen LogP contribution in [0.5, 0.6) is 0 Å². The van der Waals surface area contributed by atoms with Crippen LogP contribution in [0, 0.1) is 0 Å². The van der Waals surface area contributed by atoms with Gasteiger partial charge in [-0.1, -0.05) is 0 Å². The van der Waals surface area contributed by atoms with E-state index in [1.165, 1.54) is 6.08 Å². The number of nitrogens with zero attached hydrogens (tertiary/aromatic N) is 1. The Morgan fingerprint density at radius 2 is 1.62 bits per heavy atom. The fourth-order valence-corrected chi connectivity index (χ4v) is 3.12. The summed E-state index contributed by atoms with van der Waals surface area (Å²) in [6, 6.07) is 0. The van der Waals surface area contributed by atoms with Gasteiger partial charge in [0.2, 0.25) is 0 Å². The summed E-state index contributed by atoms with van der Waals surface area (Å²) in [6.07, 6.45) is 4.95. The number of esters is 2. The molecule has 1 fully saturated rings. The van der Waals surface area contributed by atoms with Crippen molar-refractivity contribution >= 4 is 17.7 Å². The van der Waals surface area contributed by atoms with Gasteiger partial charge >= 0.3 is 11.9 Å². The first-order chi connectivity index (χ1) is 11.6. The number of hydrogen-bond acceptors (Lipinski definition) is 6. The Morgan fingerprint density at radius 3 is 2.25 bits per heavy atom. The predicted octanol–water partition coefficient (Wildman–Crippen LogP) is 2.14. The summed E-state index contributed by atoms with van der Waals surface area (Å²) in [4.78, 5) is 39.1. The molecule has 0 saturated carbocycles. The molecule has 1 saturated heterocycles. The van der Waals surface area contributed by atoms with Crippen LogP contribution in [0.3, 0.4) is 0 Å². The van der Waals surface area contributed by atoms with Crippen LogP contribution in [0.1, 0.15) is 46.0 Å². The van der Waals surface area contributed by atoms with Crippen molar-refractivity contribution in [2.24, 2.45) is 0 Å². The van der Waals surface area contributed by atoms with Crippen molar-refractivity contribution in [2.75, 3.05) is 26.3 Å². The zero-order valence-electron chi connectivity index (χ0n) is 14.4. The molecule has 0 amide bonds. The van der Waals surface area contributed by atoms with E-state index in [1.807, 2.05) is 0 Å². The molecule has 0 aromatic rings. The Hall–Kier alpha value is -2.11. The van der Waals surface area contributed by atoms with Crippen molar-refractivity contribution in [3.8, 4) is 0 Å². The smallest absolute Gasteiger partial charge is 0.340 e. The van der Waals surface area contributed by atoms with Gasteiger partial charge in [-0.25, -0.2) is 9.59 Å². The summed E-state index contributed by atoms with van der Waals surface area (Å²) in [7, 11) is 0. The number of carbonyl (C=O) groups excluding carboxylic acids is 3. The molecule has 0 bridgehead atoms. The first-order valence-corrected chi connectivity index (χ1v) is 8.65. The number of carbonyl (C=O) groups is 3. The zero-order chi connectivity index (χ0) is 17.5. The molecule has 0 spiro atoms. The van der Waals surface area contributed by atoms with Crippen LogP contribution in [0.15, 0.2) is 22.9 Å². The SMILES string of the molecule is CCOC(=O)C1=C(\N2CCCC2)CCCC(=O)/C=C\1C(=O)OCC. The monoisotopic (exact) mass is 335 g/mol. The van der Waals surface area contributed by atoms with E-state index < -0.39 is 11.9 Å². The molecule has 0 unspecified atom stereocenters. The maximum absolute atomic E-state index is 12.6. The molecule has 1 aliphatic heterocycles. The van der Waals surface area contributed by atoms with Gasteiger partial charge in [0, 0.05) is 25.2 Å². The van der Waals surface area contributed by atoms with Crippen molar-refractivity contribution in [3.05, 3.63) is 22.9 Å². The van der Waals surface area contributed by atoms with Gasteiger partial charge in [-0.3, -0.25) is 4.79 Å². The highest BCUT2D eigenvalue weighted by Crippen LogP contribution is 2.30. The maximum Gasteiger partial charge on any atom is 0.340 e. The van der Waals surface area contributed by atoms with Crippen LogP contribution in [-0.4, -0.2) is 48.9 Å². The molecular weight excluding hydrogens is 310 g/mol. The van der Waals surface area contributed by atoms with Crippen LogP contribution in [0.4, 0.5) is 0 Å². The van der Waals surface area contributed by atoms with Crippen molar-refractivity contribution < 1.29 is 23.9 Å². The molecule has 1 aliphatic carbocycles. The van der Waals surface area contributed by atoms with Gasteiger partial charge in [-0.2, -0.15) is 0 Å². The topological polar surface area (TPSA) is 72.9 Å². The minimum absolute atomic E-state index is 0.0295. The number of ketones is 1. The molecule has 6 nitrogen and oxygen atoms in total. The zero-order valence-corrected chi connectivity index (χ0v) is 14.4. The molecule has 0 atom stereocenters. The Labute approximate surface area is 142 Å². The van der Waals surface area contributed by atoms with Crippen LogP contribution < -0.4 is 0 Å². The van der Waals surface area contributed by atoms with Crippen molar-refractivity contribution in [2.45, 2.75) is 46.0 Å². The van der Waals surface area contributed by atoms with Gasteiger partial charge in [0.05, 0.1) is 24.4 Å². The lowest BCUT2D eigenvalue weighted by Crippen LogP contribution is -2.28. The first kappa shape index (κ1) is 18.2. The summed E-state index contributed by atoms with van der Waals surface area (Å²) >= 11 is 0. The fraction of sp³-hybridized carbons (Fsp3) is 0.611. The molecule has 0 aromatic heterocycles. The van der Waals surface area contributed by atoms with E-state index in [1.54, 1.807) is 13.8 Å². The molecule has 2 rings (SSSR count). The lowest BCUT2D eigenvalue weighted by molar-refractivity contribution is -0.142. The average molecular weight is 335 g/mol.